The molecule has 0 aliphatic rings. The van der Waals surface area contributed by atoms with E-state index in [0.717, 1.165) is 5.56 Å². The molecule has 0 aliphatic heterocycles. The molecule has 0 saturated heterocycles. The number of esters is 1. The number of carbonyl (C=O) groups is 2. The first kappa shape index (κ1) is 23.2. The van der Waals surface area contributed by atoms with Gasteiger partial charge in [0, 0.05) is 6.16 Å². The Hall–Kier alpha value is -1.85. The van der Waals surface area contributed by atoms with Crippen LogP contribution in [0.3, 0.4) is 0 Å². The first-order valence-corrected chi connectivity index (χ1v) is 11.0. The van der Waals surface area contributed by atoms with Gasteiger partial charge in [-0.1, -0.05) is 44.2 Å². The number of alkyl carbamates (subject to hydrolysis) is 1. The zero-order valence-electron chi connectivity index (χ0n) is 16.4. The number of amides is 1. The summed E-state index contributed by atoms with van der Waals surface area (Å²) in [6, 6.07) is 9.12. The maximum absolute atomic E-state index is 12.7. The van der Waals surface area contributed by atoms with Crippen LogP contribution in [0.5, 0.6) is 0 Å². The molecule has 1 rings (SSSR count). The van der Waals surface area contributed by atoms with E-state index in [0.29, 0.717) is 6.42 Å². The molecule has 1 aromatic rings. The van der Waals surface area contributed by atoms with Gasteiger partial charge in [0.15, 0.2) is 0 Å². The van der Waals surface area contributed by atoms with Crippen molar-refractivity contribution in [2.45, 2.75) is 46.5 Å². The summed E-state index contributed by atoms with van der Waals surface area (Å²) >= 11 is 0. The molecule has 0 heterocycles. The molecule has 1 aromatic carbocycles. The molecule has 0 fully saturated rings. The number of carbonyl (C=O) groups excluding carboxylic acids is 2. The fraction of sp³-hybridized carbons (Fsp3) is 0.579. The monoisotopic (exact) mass is 399 g/mol. The van der Waals surface area contributed by atoms with Gasteiger partial charge in [0.05, 0.1) is 12.5 Å². The van der Waals surface area contributed by atoms with Crippen LogP contribution in [0.1, 0.15) is 39.7 Å². The molecular weight excluding hydrogens is 369 g/mol. The number of rotatable bonds is 10. The van der Waals surface area contributed by atoms with Crippen LogP contribution in [0, 0.1) is 11.8 Å². The van der Waals surface area contributed by atoms with Gasteiger partial charge in [0.2, 0.25) is 7.37 Å². The third kappa shape index (κ3) is 8.59. The molecule has 152 valence electrons. The van der Waals surface area contributed by atoms with Crippen molar-refractivity contribution < 1.29 is 28.5 Å². The van der Waals surface area contributed by atoms with Crippen molar-refractivity contribution in [1.29, 1.82) is 0 Å². The molecule has 8 heteroatoms. The van der Waals surface area contributed by atoms with Crippen molar-refractivity contribution in [3.05, 3.63) is 35.9 Å². The number of hydrogen-bond acceptors (Lipinski definition) is 5. The van der Waals surface area contributed by atoms with Gasteiger partial charge in [0.1, 0.15) is 12.4 Å². The van der Waals surface area contributed by atoms with E-state index >= 15 is 0 Å². The molecule has 27 heavy (non-hydrogen) atoms. The summed E-state index contributed by atoms with van der Waals surface area (Å²) in [5.74, 6) is -2.05. The van der Waals surface area contributed by atoms with Crippen LogP contribution in [0.25, 0.3) is 0 Å². The summed E-state index contributed by atoms with van der Waals surface area (Å²) in [5, 5.41) is 2.39. The summed E-state index contributed by atoms with van der Waals surface area (Å²) in [6.45, 7) is 7.25. The average Bonchev–Trinajstić information content (AvgIpc) is 2.60. The lowest BCUT2D eigenvalue weighted by Gasteiger charge is -2.25. The molecule has 7 nitrogen and oxygen atoms in total. The summed E-state index contributed by atoms with van der Waals surface area (Å²) in [7, 11) is -3.84. The van der Waals surface area contributed by atoms with Crippen LogP contribution in [-0.4, -0.2) is 35.5 Å². The van der Waals surface area contributed by atoms with E-state index in [1.165, 1.54) is 6.92 Å². The summed E-state index contributed by atoms with van der Waals surface area (Å²) in [5.41, 5.74) is 0.812. The Morgan fingerprint density at radius 1 is 1.15 bits per heavy atom. The van der Waals surface area contributed by atoms with Gasteiger partial charge >= 0.3 is 12.1 Å². The summed E-state index contributed by atoms with van der Waals surface area (Å²) < 4.78 is 22.8. The van der Waals surface area contributed by atoms with Gasteiger partial charge in [-0.3, -0.25) is 9.36 Å². The van der Waals surface area contributed by atoms with Gasteiger partial charge in [-0.05, 0) is 31.7 Å². The van der Waals surface area contributed by atoms with Crippen molar-refractivity contribution in [2.24, 2.45) is 11.8 Å². The number of ether oxygens (including phenoxy) is 2. The standard InChI is InChI=1S/C19H30NO6P/c1-5-25-18(21)17(11-14(2)3)13-27(23,24)15(4)20-19(22)26-12-16-9-7-6-8-10-16/h6-10,14-15,17H,5,11-13H2,1-4H3,(H,20,22)(H,23,24). The van der Waals surface area contributed by atoms with Crippen molar-refractivity contribution in [2.75, 3.05) is 12.8 Å². The molecule has 0 aliphatic carbocycles. The first-order valence-electron chi connectivity index (χ1n) is 9.11. The topological polar surface area (TPSA) is 102 Å². The van der Waals surface area contributed by atoms with Crippen LogP contribution in [0.4, 0.5) is 4.79 Å². The van der Waals surface area contributed by atoms with Gasteiger partial charge in [-0.15, -0.1) is 0 Å². The first-order chi connectivity index (χ1) is 12.7. The highest BCUT2D eigenvalue weighted by molar-refractivity contribution is 7.58. The van der Waals surface area contributed by atoms with E-state index in [9.17, 15) is 19.0 Å². The van der Waals surface area contributed by atoms with E-state index in [2.05, 4.69) is 5.32 Å². The highest BCUT2D eigenvalue weighted by Gasteiger charge is 2.35. The Kier molecular flexibility index (Phi) is 9.53. The van der Waals surface area contributed by atoms with Crippen molar-refractivity contribution in [1.82, 2.24) is 5.32 Å². The molecule has 0 radical (unpaired) electrons. The molecule has 3 unspecified atom stereocenters. The largest absolute Gasteiger partial charge is 0.466 e. The van der Waals surface area contributed by atoms with Crippen LogP contribution < -0.4 is 5.32 Å². The molecule has 0 saturated carbocycles. The molecular formula is C19H30NO6P. The molecule has 1 amide bonds. The molecule has 0 aromatic heterocycles. The zero-order chi connectivity index (χ0) is 20.4. The van der Waals surface area contributed by atoms with Gasteiger partial charge in [0.25, 0.3) is 0 Å². The predicted molar refractivity (Wildman–Crippen MR) is 103 cm³/mol. The maximum Gasteiger partial charge on any atom is 0.408 e. The van der Waals surface area contributed by atoms with E-state index < -0.39 is 31.1 Å². The lowest BCUT2D eigenvalue weighted by atomic mass is 9.99. The zero-order valence-corrected chi connectivity index (χ0v) is 17.3. The second-order valence-electron chi connectivity index (χ2n) is 6.90. The highest BCUT2D eigenvalue weighted by Crippen LogP contribution is 2.47. The number of benzene rings is 1. The fourth-order valence-corrected chi connectivity index (χ4v) is 4.14. The second kappa shape index (κ2) is 11.1. The third-order valence-electron chi connectivity index (χ3n) is 4.00. The predicted octanol–water partition coefficient (Wildman–Crippen LogP) is 3.75. The van der Waals surface area contributed by atoms with Crippen molar-refractivity contribution >= 4 is 19.4 Å². The van der Waals surface area contributed by atoms with Crippen LogP contribution in [0.2, 0.25) is 0 Å². The fourth-order valence-electron chi connectivity index (χ4n) is 2.58. The lowest BCUT2D eigenvalue weighted by Crippen LogP contribution is -2.35. The normalized spacial score (nSPS) is 15.5. The molecule has 2 N–H and O–H groups in total. The minimum Gasteiger partial charge on any atom is -0.466 e. The average molecular weight is 399 g/mol. The Balaban J connectivity index is 2.63. The minimum atomic E-state index is -3.84. The Morgan fingerprint density at radius 3 is 2.33 bits per heavy atom. The van der Waals surface area contributed by atoms with Crippen LogP contribution in [-0.2, 0) is 25.4 Å². The number of nitrogens with one attached hydrogen (secondary N) is 1. The Labute approximate surface area is 160 Å². The summed E-state index contributed by atoms with van der Waals surface area (Å²) in [6.07, 6.45) is -0.587. The molecule has 3 atom stereocenters. The highest BCUT2D eigenvalue weighted by atomic mass is 31.2. The Bertz CT molecular complexity index is 649. The van der Waals surface area contributed by atoms with E-state index in [-0.39, 0.29) is 25.3 Å². The maximum atomic E-state index is 12.7. The lowest BCUT2D eigenvalue weighted by molar-refractivity contribution is -0.147. The van der Waals surface area contributed by atoms with E-state index in [1.54, 1.807) is 6.92 Å². The quantitative estimate of drug-likeness (QED) is 0.459. The number of hydrogen-bond donors (Lipinski definition) is 2. The van der Waals surface area contributed by atoms with E-state index in [1.807, 2.05) is 44.2 Å². The summed E-state index contributed by atoms with van der Waals surface area (Å²) in [4.78, 5) is 34.4. The molecule has 0 spiro atoms. The smallest absolute Gasteiger partial charge is 0.408 e. The Morgan fingerprint density at radius 2 is 1.78 bits per heavy atom. The van der Waals surface area contributed by atoms with E-state index in [4.69, 9.17) is 9.47 Å². The van der Waals surface area contributed by atoms with Crippen LogP contribution >= 0.6 is 7.37 Å². The third-order valence-corrected chi connectivity index (χ3v) is 6.31. The SMILES string of the molecule is CCOC(=O)C(CC(C)C)CP(=O)(O)C(C)NC(=O)OCc1ccccc1. The van der Waals surface area contributed by atoms with Crippen molar-refractivity contribution in [3.8, 4) is 0 Å². The van der Waals surface area contributed by atoms with Gasteiger partial charge in [-0.25, -0.2) is 4.79 Å². The molecule has 0 bridgehead atoms. The van der Waals surface area contributed by atoms with Crippen LogP contribution in [0.15, 0.2) is 30.3 Å². The second-order valence-corrected chi connectivity index (χ2v) is 9.55. The van der Waals surface area contributed by atoms with Crippen molar-refractivity contribution in [3.63, 3.8) is 0 Å². The van der Waals surface area contributed by atoms with Gasteiger partial charge < -0.3 is 19.7 Å². The van der Waals surface area contributed by atoms with Gasteiger partial charge in [-0.2, -0.15) is 0 Å². The minimum absolute atomic E-state index is 0.0634.